The van der Waals surface area contributed by atoms with E-state index in [9.17, 15) is 19.1 Å². The summed E-state index contributed by atoms with van der Waals surface area (Å²) in [7, 11) is -2.15. The van der Waals surface area contributed by atoms with E-state index in [1.165, 1.54) is 14.2 Å². The number of hydrogen-bond acceptors (Lipinski definition) is 9. The number of anilines is 1. The molecule has 0 aromatic heterocycles. The number of rotatable bonds is 7. The minimum atomic E-state index is -5.11. The molecule has 0 unspecified atom stereocenters. The Morgan fingerprint density at radius 3 is 2.18 bits per heavy atom. The van der Waals surface area contributed by atoms with Crippen molar-refractivity contribution in [3.8, 4) is 17.2 Å². The van der Waals surface area contributed by atoms with Gasteiger partial charge >= 0.3 is 59.1 Å². The van der Waals surface area contributed by atoms with E-state index in [1.54, 1.807) is 38.1 Å². The quantitative estimate of drug-likeness (QED) is 0.134. The maximum atomic E-state index is 13.0. The molecule has 0 amide bonds. The Morgan fingerprint density at radius 2 is 1.67 bits per heavy atom. The monoisotopic (exact) mass is 493 g/mol. The van der Waals surface area contributed by atoms with Crippen molar-refractivity contribution in [3.63, 3.8) is 0 Å². The van der Waals surface area contributed by atoms with Gasteiger partial charge in [-0.3, -0.25) is 4.79 Å². The van der Waals surface area contributed by atoms with E-state index in [0.717, 1.165) is 11.1 Å². The van der Waals surface area contributed by atoms with Crippen molar-refractivity contribution in [1.29, 1.82) is 0 Å². The van der Waals surface area contributed by atoms with Crippen molar-refractivity contribution in [2.45, 2.75) is 20.3 Å². The number of Topliss-reactive ketones (excluding diaryl/α,β-unsaturated/α-hetero) is 1. The molecule has 1 aliphatic carbocycles. The average molecular weight is 493 g/mol. The van der Waals surface area contributed by atoms with Gasteiger partial charge < -0.3 is 38.8 Å². The van der Waals surface area contributed by atoms with E-state index in [-0.39, 0.29) is 70.6 Å². The zero-order valence-corrected chi connectivity index (χ0v) is 24.4. The molecular weight excluding hydrogens is 471 g/mol. The van der Waals surface area contributed by atoms with Gasteiger partial charge in [0.25, 0.3) is 0 Å². The molecule has 0 spiro atoms. The maximum Gasteiger partial charge on any atom is 1.00 e. The summed E-state index contributed by atoms with van der Waals surface area (Å²) >= 11 is 0. The fourth-order valence-electron chi connectivity index (χ4n) is 3.69. The Bertz CT molecular complexity index is 1110. The number of phosphoric acid groups is 1. The van der Waals surface area contributed by atoms with Gasteiger partial charge in [-0.2, -0.15) is 0 Å². The third-order valence-electron chi connectivity index (χ3n) is 4.93. The topological polar surface area (TPSA) is 143 Å². The molecule has 0 radical (unpaired) electrons. The van der Waals surface area contributed by atoms with Crippen LogP contribution < -0.4 is 88.8 Å². The van der Waals surface area contributed by atoms with Gasteiger partial charge in [-0.15, -0.1) is 0 Å². The largest absolute Gasteiger partial charge is 1.00 e. The number of fused-ring (bicyclic) bond motifs is 1. The SMILES string of the molecule is COc1cc2c(c(N)c1OC)C(=O)C(=Cc1cc(C)c(OCOP(=O)([O-])[O-])c(C)c1)C2.[Na+].[Na+]. The number of phosphoric ester groups is 1. The Labute approximate surface area is 236 Å². The molecule has 33 heavy (non-hydrogen) atoms. The summed E-state index contributed by atoms with van der Waals surface area (Å²) in [6.45, 7) is 2.82. The van der Waals surface area contributed by atoms with E-state index in [2.05, 4.69) is 4.52 Å². The van der Waals surface area contributed by atoms with E-state index >= 15 is 0 Å². The van der Waals surface area contributed by atoms with E-state index in [4.69, 9.17) is 19.9 Å². The van der Waals surface area contributed by atoms with Gasteiger partial charge in [-0.05, 0) is 60.4 Å². The van der Waals surface area contributed by atoms with Crippen molar-refractivity contribution < 1.29 is 97.0 Å². The van der Waals surface area contributed by atoms with Crippen LogP contribution in [0.5, 0.6) is 17.2 Å². The van der Waals surface area contributed by atoms with Gasteiger partial charge in [0.1, 0.15) is 5.75 Å². The second-order valence-electron chi connectivity index (χ2n) is 7.06. The normalized spacial score (nSPS) is 13.8. The predicted molar refractivity (Wildman–Crippen MR) is 110 cm³/mol. The van der Waals surface area contributed by atoms with Crippen molar-refractivity contribution >= 4 is 25.4 Å². The third kappa shape index (κ3) is 6.86. The van der Waals surface area contributed by atoms with Crippen LogP contribution >= 0.6 is 7.82 Å². The summed E-state index contributed by atoms with van der Waals surface area (Å²) in [5, 5.41) is 0. The number of carbonyl (C=O) groups excluding carboxylic acids is 1. The van der Waals surface area contributed by atoms with Gasteiger partial charge in [0.2, 0.25) is 0 Å². The number of ether oxygens (including phenoxy) is 3. The first-order chi connectivity index (χ1) is 14.6. The van der Waals surface area contributed by atoms with Crippen LogP contribution in [0.3, 0.4) is 0 Å². The van der Waals surface area contributed by atoms with E-state index in [1.807, 2.05) is 0 Å². The third-order valence-corrected chi connectivity index (χ3v) is 5.35. The standard InChI is InChI=1S/C21H24NO8P.2Na/c1-11-5-13(6-12(2)20(11)29-10-30-31(24,25)26)7-15-8-14-9-16(27-3)21(28-4)18(22)17(14)19(15)23;;/h5-7,9H,8,10,22H2,1-4H3,(H2,24,25,26);;/q;2*+1/p-2. The molecule has 0 bridgehead atoms. The predicted octanol–water partition coefficient (Wildman–Crippen LogP) is -4.09. The summed E-state index contributed by atoms with van der Waals surface area (Å²) in [5.41, 5.74) is 10.3. The Balaban J connectivity index is 0.00000272. The van der Waals surface area contributed by atoms with Gasteiger partial charge in [0.05, 0.1) is 33.3 Å². The number of methoxy groups -OCH3 is 2. The molecule has 0 saturated carbocycles. The molecule has 2 aromatic carbocycles. The minimum Gasteiger partial charge on any atom is -0.790 e. The van der Waals surface area contributed by atoms with Crippen LogP contribution in [-0.4, -0.2) is 26.8 Å². The Kier molecular flexibility index (Phi) is 11.2. The van der Waals surface area contributed by atoms with Crippen molar-refractivity contribution in [1.82, 2.24) is 0 Å². The van der Waals surface area contributed by atoms with Gasteiger partial charge in [0.15, 0.2) is 24.1 Å². The summed E-state index contributed by atoms with van der Waals surface area (Å²) < 4.78 is 30.6. The first-order valence-electron chi connectivity index (χ1n) is 9.25. The van der Waals surface area contributed by atoms with Crippen LogP contribution in [0.4, 0.5) is 5.69 Å². The second-order valence-corrected chi connectivity index (χ2v) is 8.21. The number of nitrogen functional groups attached to an aromatic ring is 1. The maximum absolute atomic E-state index is 13.0. The van der Waals surface area contributed by atoms with Crippen LogP contribution in [0.25, 0.3) is 6.08 Å². The van der Waals surface area contributed by atoms with Crippen LogP contribution in [0.1, 0.15) is 32.6 Å². The zero-order valence-electron chi connectivity index (χ0n) is 19.5. The van der Waals surface area contributed by atoms with Gasteiger partial charge in [-0.25, -0.2) is 0 Å². The van der Waals surface area contributed by atoms with Gasteiger partial charge in [-0.1, -0.05) is 0 Å². The van der Waals surface area contributed by atoms with Crippen molar-refractivity contribution in [2.24, 2.45) is 0 Å². The molecule has 2 aromatic rings. The van der Waals surface area contributed by atoms with Crippen molar-refractivity contribution in [2.75, 3.05) is 26.7 Å². The number of nitrogens with two attached hydrogens (primary N) is 1. The summed E-state index contributed by atoms with van der Waals surface area (Å²) in [4.78, 5) is 34.1. The molecule has 0 saturated heterocycles. The number of benzene rings is 2. The summed E-state index contributed by atoms with van der Waals surface area (Å²) in [6, 6.07) is 5.32. The number of allylic oxidation sites excluding steroid dienone is 1. The molecule has 0 fully saturated rings. The molecule has 2 N–H and O–H groups in total. The summed E-state index contributed by atoms with van der Waals surface area (Å²) in [6.07, 6.45) is 2.16. The number of hydrogen-bond donors (Lipinski definition) is 1. The fourth-order valence-corrected chi connectivity index (χ4v) is 3.88. The van der Waals surface area contributed by atoms with Crippen LogP contribution in [0.2, 0.25) is 0 Å². The smallest absolute Gasteiger partial charge is 0.790 e. The van der Waals surface area contributed by atoms with E-state index in [0.29, 0.717) is 45.9 Å². The minimum absolute atomic E-state index is 0. The molecule has 0 aliphatic heterocycles. The molecule has 9 nitrogen and oxygen atoms in total. The number of aryl methyl sites for hydroxylation is 2. The average Bonchev–Trinajstić information content (AvgIpc) is 2.98. The number of carbonyl (C=O) groups is 1. The molecular formula is C21H22NNa2O8P. The van der Waals surface area contributed by atoms with Gasteiger partial charge in [0, 0.05) is 12.0 Å². The molecule has 1 aliphatic rings. The molecule has 3 rings (SSSR count). The fraction of sp³-hybridized carbons (Fsp3) is 0.286. The first-order valence-corrected chi connectivity index (χ1v) is 10.7. The number of ketones is 1. The zero-order chi connectivity index (χ0) is 22.9. The Hall–Kier alpha value is -0.840. The van der Waals surface area contributed by atoms with Crippen molar-refractivity contribution in [3.05, 3.63) is 51.6 Å². The second kappa shape index (κ2) is 12.2. The van der Waals surface area contributed by atoms with Crippen LogP contribution in [0.15, 0.2) is 23.8 Å². The molecule has 12 heteroatoms. The van der Waals surface area contributed by atoms with Crippen LogP contribution in [-0.2, 0) is 15.5 Å². The molecule has 166 valence electrons. The first kappa shape index (κ1) is 30.2. The molecule has 0 heterocycles. The van der Waals surface area contributed by atoms with E-state index < -0.39 is 14.6 Å². The van der Waals surface area contributed by atoms with Crippen LogP contribution in [0, 0.1) is 13.8 Å². The summed E-state index contributed by atoms with van der Waals surface area (Å²) in [5.74, 6) is 1.00. The molecule has 0 atom stereocenters. The Morgan fingerprint density at radius 1 is 1.06 bits per heavy atom.